The van der Waals surface area contributed by atoms with Crippen molar-refractivity contribution in [3.8, 4) is 11.5 Å². The van der Waals surface area contributed by atoms with Crippen LogP contribution in [0.4, 0.5) is 0 Å². The summed E-state index contributed by atoms with van der Waals surface area (Å²) in [6.07, 6.45) is 0.211. The molecule has 2 aliphatic rings. The first-order valence-corrected chi connectivity index (χ1v) is 8.90. The number of Topliss-reactive ketones (excluding diaryl/α,β-unsaturated/α-hetero) is 1. The number of phenols is 1. The molecule has 0 aromatic heterocycles. The van der Waals surface area contributed by atoms with E-state index in [4.69, 9.17) is 14.2 Å². The number of fused-ring (bicyclic) bond motifs is 1. The van der Waals surface area contributed by atoms with Crippen LogP contribution in [0.15, 0.2) is 0 Å². The Morgan fingerprint density at radius 2 is 1.68 bits per heavy atom. The second-order valence-electron chi connectivity index (χ2n) is 8.17. The van der Waals surface area contributed by atoms with E-state index < -0.39 is 11.9 Å². The largest absolute Gasteiger partial charge is 0.507 e. The molecular formula is C20H28O5. The van der Waals surface area contributed by atoms with Gasteiger partial charge in [-0.25, -0.2) is 0 Å². The van der Waals surface area contributed by atoms with E-state index in [0.29, 0.717) is 36.5 Å². The van der Waals surface area contributed by atoms with E-state index in [9.17, 15) is 9.90 Å². The second kappa shape index (κ2) is 5.99. The number of aromatic hydroxyl groups is 1. The summed E-state index contributed by atoms with van der Waals surface area (Å²) in [6.45, 7) is 12.8. The smallest absolute Gasteiger partial charge is 0.198 e. The van der Waals surface area contributed by atoms with Crippen molar-refractivity contribution in [2.24, 2.45) is 5.41 Å². The zero-order valence-corrected chi connectivity index (χ0v) is 16.0. The molecule has 0 spiro atoms. The molecule has 0 aliphatic carbocycles. The Labute approximate surface area is 149 Å². The molecular weight excluding hydrogens is 320 g/mol. The summed E-state index contributed by atoms with van der Waals surface area (Å²) in [4.78, 5) is 13.0. The Kier molecular flexibility index (Phi) is 4.36. The molecule has 1 atom stereocenters. The summed E-state index contributed by atoms with van der Waals surface area (Å²) < 4.78 is 18.3. The van der Waals surface area contributed by atoms with Crippen molar-refractivity contribution >= 4 is 5.78 Å². The fourth-order valence-electron chi connectivity index (χ4n) is 3.66. The average Bonchev–Trinajstić information content (AvgIpc) is 2.57. The molecule has 1 saturated heterocycles. The number of benzene rings is 1. The highest BCUT2D eigenvalue weighted by atomic mass is 16.7. The highest BCUT2D eigenvalue weighted by molar-refractivity contribution is 6.03. The lowest BCUT2D eigenvalue weighted by Crippen LogP contribution is -2.57. The topological polar surface area (TPSA) is 65.0 Å². The number of phenolic OH excluding ortho intramolecular Hbond substituents is 1. The molecule has 2 aliphatic heterocycles. The summed E-state index contributed by atoms with van der Waals surface area (Å²) in [5.41, 5.74) is 1.72. The maximum Gasteiger partial charge on any atom is 0.198 e. The fourth-order valence-corrected chi connectivity index (χ4v) is 3.66. The van der Waals surface area contributed by atoms with Gasteiger partial charge < -0.3 is 19.3 Å². The summed E-state index contributed by atoms with van der Waals surface area (Å²) in [5.74, 6) is 0.697. The molecule has 5 heteroatoms. The Morgan fingerprint density at radius 3 is 2.24 bits per heavy atom. The van der Waals surface area contributed by atoms with Gasteiger partial charge in [-0.1, -0.05) is 20.8 Å². The molecule has 0 saturated carbocycles. The van der Waals surface area contributed by atoms with E-state index in [1.807, 2.05) is 20.8 Å². The molecule has 1 fully saturated rings. The Bertz CT molecular complexity index is 712. The van der Waals surface area contributed by atoms with Crippen LogP contribution in [0.1, 0.15) is 60.7 Å². The zero-order valence-electron chi connectivity index (χ0n) is 16.0. The molecule has 0 amide bonds. The van der Waals surface area contributed by atoms with Gasteiger partial charge in [-0.15, -0.1) is 0 Å². The van der Waals surface area contributed by atoms with Crippen LogP contribution in [0, 0.1) is 26.2 Å². The SMILES string of the molecule is CCC1(C2OCC(C)(C)CO2)CC(=O)c2c(C)c(O)c(C)c(C)c2O1. The lowest BCUT2D eigenvalue weighted by molar-refractivity contribution is -0.282. The molecule has 1 N–H and O–H groups in total. The van der Waals surface area contributed by atoms with E-state index in [1.54, 1.807) is 6.92 Å². The average molecular weight is 348 g/mol. The van der Waals surface area contributed by atoms with E-state index >= 15 is 0 Å². The number of ketones is 1. The van der Waals surface area contributed by atoms with Gasteiger partial charge >= 0.3 is 0 Å². The molecule has 138 valence electrons. The molecule has 0 radical (unpaired) electrons. The number of carbonyl (C=O) groups is 1. The maximum absolute atomic E-state index is 13.0. The molecule has 5 nitrogen and oxygen atoms in total. The van der Waals surface area contributed by atoms with Gasteiger partial charge in [-0.2, -0.15) is 0 Å². The molecule has 25 heavy (non-hydrogen) atoms. The number of ether oxygens (including phenoxy) is 3. The minimum absolute atomic E-state index is 0.0315. The summed E-state index contributed by atoms with van der Waals surface area (Å²) >= 11 is 0. The number of hydrogen-bond acceptors (Lipinski definition) is 5. The third-order valence-electron chi connectivity index (χ3n) is 5.54. The third-order valence-corrected chi connectivity index (χ3v) is 5.54. The Balaban J connectivity index is 2.03. The van der Waals surface area contributed by atoms with Crippen molar-refractivity contribution in [1.29, 1.82) is 0 Å². The molecule has 0 bridgehead atoms. The standard InChI is InChI=1S/C20H28O5/c1-7-20(18-23-9-19(5,6)10-24-18)8-14(21)15-13(4)16(22)11(2)12(3)17(15)25-20/h18,22H,7-10H2,1-6H3. The second-order valence-corrected chi connectivity index (χ2v) is 8.17. The lowest BCUT2D eigenvalue weighted by Gasteiger charge is -2.46. The van der Waals surface area contributed by atoms with Crippen LogP contribution in [0.5, 0.6) is 11.5 Å². The van der Waals surface area contributed by atoms with Crippen molar-refractivity contribution in [3.05, 3.63) is 22.3 Å². The van der Waals surface area contributed by atoms with Crippen molar-refractivity contribution in [1.82, 2.24) is 0 Å². The Hall–Kier alpha value is -1.59. The predicted octanol–water partition coefficient (Wildman–Crippen LogP) is 3.83. The Morgan fingerprint density at radius 1 is 1.08 bits per heavy atom. The van der Waals surface area contributed by atoms with Gasteiger partial charge in [-0.3, -0.25) is 4.79 Å². The summed E-state index contributed by atoms with van der Waals surface area (Å²) in [6, 6.07) is 0. The number of hydrogen-bond donors (Lipinski definition) is 1. The fraction of sp³-hybridized carbons (Fsp3) is 0.650. The molecule has 3 rings (SSSR count). The molecule has 2 heterocycles. The third kappa shape index (κ3) is 2.83. The summed E-state index contributed by atoms with van der Waals surface area (Å²) in [7, 11) is 0. The van der Waals surface area contributed by atoms with Crippen LogP contribution in [0.25, 0.3) is 0 Å². The number of carbonyl (C=O) groups excluding carboxylic acids is 1. The van der Waals surface area contributed by atoms with E-state index in [-0.39, 0.29) is 23.4 Å². The number of rotatable bonds is 2. The van der Waals surface area contributed by atoms with Gasteiger partial charge in [0, 0.05) is 11.0 Å². The minimum Gasteiger partial charge on any atom is -0.507 e. The first kappa shape index (κ1) is 18.2. The van der Waals surface area contributed by atoms with Crippen LogP contribution in [-0.2, 0) is 9.47 Å². The minimum atomic E-state index is -0.832. The van der Waals surface area contributed by atoms with E-state index in [1.165, 1.54) is 0 Å². The van der Waals surface area contributed by atoms with Crippen molar-refractivity contribution < 1.29 is 24.1 Å². The van der Waals surface area contributed by atoms with Crippen molar-refractivity contribution in [2.45, 2.75) is 66.3 Å². The van der Waals surface area contributed by atoms with Gasteiger partial charge in [0.05, 0.1) is 25.2 Å². The van der Waals surface area contributed by atoms with Crippen LogP contribution in [-0.4, -0.2) is 36.0 Å². The maximum atomic E-state index is 13.0. The van der Waals surface area contributed by atoms with Gasteiger partial charge in [0.2, 0.25) is 0 Å². The molecule has 1 unspecified atom stereocenters. The lowest BCUT2D eigenvalue weighted by atomic mass is 9.83. The van der Waals surface area contributed by atoms with Gasteiger partial charge in [0.15, 0.2) is 17.7 Å². The quantitative estimate of drug-likeness (QED) is 0.880. The van der Waals surface area contributed by atoms with E-state index in [2.05, 4.69) is 13.8 Å². The van der Waals surface area contributed by atoms with Crippen molar-refractivity contribution in [3.63, 3.8) is 0 Å². The van der Waals surface area contributed by atoms with E-state index in [0.717, 1.165) is 11.1 Å². The molecule has 1 aromatic carbocycles. The summed E-state index contributed by atoms with van der Waals surface area (Å²) in [5, 5.41) is 10.3. The normalized spacial score (nSPS) is 26.2. The van der Waals surface area contributed by atoms with Crippen LogP contribution in [0.3, 0.4) is 0 Å². The van der Waals surface area contributed by atoms with Gasteiger partial charge in [0.25, 0.3) is 0 Å². The monoisotopic (exact) mass is 348 g/mol. The molecule has 1 aromatic rings. The van der Waals surface area contributed by atoms with Crippen LogP contribution >= 0.6 is 0 Å². The first-order chi connectivity index (χ1) is 11.6. The highest BCUT2D eigenvalue weighted by Crippen LogP contribution is 2.46. The highest BCUT2D eigenvalue weighted by Gasteiger charge is 2.50. The van der Waals surface area contributed by atoms with Crippen molar-refractivity contribution in [2.75, 3.05) is 13.2 Å². The van der Waals surface area contributed by atoms with Gasteiger partial charge in [-0.05, 0) is 38.3 Å². The zero-order chi connectivity index (χ0) is 18.6. The van der Waals surface area contributed by atoms with Crippen LogP contribution in [0.2, 0.25) is 0 Å². The first-order valence-electron chi connectivity index (χ1n) is 8.90. The van der Waals surface area contributed by atoms with Crippen LogP contribution < -0.4 is 4.74 Å². The predicted molar refractivity (Wildman–Crippen MR) is 94.4 cm³/mol. The van der Waals surface area contributed by atoms with Gasteiger partial charge in [0.1, 0.15) is 11.5 Å².